The lowest BCUT2D eigenvalue weighted by Gasteiger charge is -2.18. The number of pyridine rings is 2. The average Bonchev–Trinajstić information content (AvgIpc) is 3.16. The molecule has 0 spiro atoms. The molecule has 9 nitrogen and oxygen atoms in total. The first-order valence-electron chi connectivity index (χ1n) is 9.74. The van der Waals surface area contributed by atoms with Gasteiger partial charge in [0, 0.05) is 18.0 Å². The van der Waals surface area contributed by atoms with Crippen LogP contribution >= 0.6 is 0 Å². The summed E-state index contributed by atoms with van der Waals surface area (Å²) in [6.45, 7) is -0.259. The quantitative estimate of drug-likeness (QED) is 0.348. The Labute approximate surface area is 181 Å². The number of nitrogens with one attached hydrogen (secondary N) is 1. The van der Waals surface area contributed by atoms with Crippen LogP contribution in [-0.4, -0.2) is 61.4 Å². The third-order valence-electron chi connectivity index (χ3n) is 4.88. The molecule has 13 heteroatoms. The van der Waals surface area contributed by atoms with Gasteiger partial charge in [-0.25, -0.2) is 9.97 Å². The maximum Gasteiger partial charge on any atom is 0.263 e. The molecular formula is C18H17B4N7O2. The van der Waals surface area contributed by atoms with E-state index >= 15 is 0 Å². The van der Waals surface area contributed by atoms with E-state index < -0.39 is 5.91 Å². The second-order valence-corrected chi connectivity index (χ2v) is 8.39. The fraction of sp³-hybridized carbons (Fsp3) is 0.111. The molecule has 4 aromatic rings. The topological polar surface area (TPSA) is 118 Å². The molecule has 0 fully saturated rings. The van der Waals surface area contributed by atoms with Gasteiger partial charge in [-0.2, -0.15) is 14.9 Å². The predicted octanol–water partition coefficient (Wildman–Crippen LogP) is -3.78. The van der Waals surface area contributed by atoms with Gasteiger partial charge in [0.2, 0.25) is 5.91 Å². The molecule has 0 bridgehead atoms. The largest absolute Gasteiger partial charge is 0.309 e. The van der Waals surface area contributed by atoms with Gasteiger partial charge in [-0.1, -0.05) is 16.6 Å². The molecule has 4 rings (SSSR count). The lowest BCUT2D eigenvalue weighted by molar-refractivity contribution is -0.116. The molecule has 0 aliphatic heterocycles. The second kappa shape index (κ2) is 7.47. The number of carbonyl (C=O) groups is 1. The highest BCUT2D eigenvalue weighted by atomic mass is 16.2. The van der Waals surface area contributed by atoms with E-state index in [1.165, 1.54) is 15.1 Å². The molecule has 0 aliphatic carbocycles. The van der Waals surface area contributed by atoms with Crippen LogP contribution in [0.15, 0.2) is 41.3 Å². The molecule has 4 heterocycles. The maximum atomic E-state index is 13.2. The lowest BCUT2D eigenvalue weighted by atomic mass is 9.41. The summed E-state index contributed by atoms with van der Waals surface area (Å²) in [7, 11) is 7.96. The van der Waals surface area contributed by atoms with Crippen LogP contribution in [0.4, 0.5) is 5.82 Å². The zero-order valence-corrected chi connectivity index (χ0v) is 17.7. The third kappa shape index (κ3) is 3.84. The summed E-state index contributed by atoms with van der Waals surface area (Å²) >= 11 is 0. The van der Waals surface area contributed by atoms with Crippen molar-refractivity contribution in [1.29, 1.82) is 5.26 Å². The summed E-state index contributed by atoms with van der Waals surface area (Å²) in [6, 6.07) is 10.5. The smallest absolute Gasteiger partial charge is 0.263 e. The Kier molecular flexibility index (Phi) is 4.93. The van der Waals surface area contributed by atoms with Crippen molar-refractivity contribution in [1.82, 2.24) is 24.1 Å². The summed E-state index contributed by atoms with van der Waals surface area (Å²) in [5, 5.41) is 16.4. The summed E-state index contributed by atoms with van der Waals surface area (Å²) in [4.78, 5) is 34.7. The van der Waals surface area contributed by atoms with Crippen LogP contribution < -0.4 is 16.3 Å². The Balaban J connectivity index is 1.84. The van der Waals surface area contributed by atoms with E-state index in [9.17, 15) is 14.9 Å². The van der Waals surface area contributed by atoms with Crippen molar-refractivity contribution in [2.45, 2.75) is 11.7 Å². The second-order valence-electron chi connectivity index (χ2n) is 8.39. The number of fused-ring (bicyclic) bond motifs is 3. The van der Waals surface area contributed by atoms with Crippen LogP contribution in [0, 0.1) is 11.3 Å². The van der Waals surface area contributed by atoms with Crippen LogP contribution in [-0.2, 0) is 16.5 Å². The Bertz CT molecular complexity index is 1430. The van der Waals surface area contributed by atoms with Gasteiger partial charge in [-0.15, -0.1) is 0 Å². The number of anilines is 1. The standard InChI is InChI=1S/C18H17B4N7O2/c19-9-1-4-13(24-7-9)26-14(30)8-28-15-5-10(6-23)27-29(15)16-11(17(28)31)2-3-12(25-16)18(20,21)22/h1-5,7H,8,19-22H2,(H,24,26,30). The van der Waals surface area contributed by atoms with Crippen molar-refractivity contribution in [2.24, 2.45) is 0 Å². The highest BCUT2D eigenvalue weighted by Crippen LogP contribution is 2.17. The molecule has 1 N–H and O–H groups in total. The highest BCUT2D eigenvalue weighted by Gasteiger charge is 2.21. The van der Waals surface area contributed by atoms with E-state index in [2.05, 4.69) is 20.4 Å². The summed E-state index contributed by atoms with van der Waals surface area (Å²) in [5.41, 5.74) is 2.17. The molecule has 0 radical (unpaired) electrons. The minimum absolute atomic E-state index is 0.129. The minimum Gasteiger partial charge on any atom is -0.309 e. The number of amides is 1. The summed E-state index contributed by atoms with van der Waals surface area (Å²) in [6.07, 6.45) is 1.64. The Morgan fingerprint density at radius 3 is 2.65 bits per heavy atom. The lowest BCUT2D eigenvalue weighted by Crippen LogP contribution is -2.31. The number of aromatic nitrogens is 5. The van der Waals surface area contributed by atoms with Gasteiger partial charge < -0.3 is 5.32 Å². The first kappa shape index (κ1) is 20.5. The van der Waals surface area contributed by atoms with Gasteiger partial charge in [0.05, 0.1) is 28.9 Å². The van der Waals surface area contributed by atoms with Crippen molar-refractivity contribution < 1.29 is 4.79 Å². The predicted molar refractivity (Wildman–Crippen MR) is 128 cm³/mol. The molecular weight excluding hydrogens is 389 g/mol. The molecule has 0 saturated heterocycles. The van der Waals surface area contributed by atoms with E-state index in [-0.39, 0.29) is 22.9 Å². The number of rotatable bonds is 4. The van der Waals surface area contributed by atoms with Gasteiger partial charge in [0.25, 0.3) is 5.56 Å². The highest BCUT2D eigenvalue weighted by molar-refractivity contribution is 6.58. The van der Waals surface area contributed by atoms with Gasteiger partial charge >= 0.3 is 0 Å². The minimum atomic E-state index is -0.418. The average molecular weight is 407 g/mol. The number of nitriles is 1. The van der Waals surface area contributed by atoms with Crippen molar-refractivity contribution in [3.8, 4) is 6.07 Å². The molecule has 0 unspecified atom stereocenters. The zero-order valence-electron chi connectivity index (χ0n) is 17.7. The molecule has 31 heavy (non-hydrogen) atoms. The fourth-order valence-corrected chi connectivity index (χ4v) is 3.24. The van der Waals surface area contributed by atoms with Gasteiger partial charge in [-0.05, 0) is 18.2 Å². The molecule has 0 atom stereocenters. The van der Waals surface area contributed by atoms with E-state index in [0.717, 1.165) is 11.2 Å². The van der Waals surface area contributed by atoms with Gasteiger partial charge in [0.1, 0.15) is 31.9 Å². The first-order chi connectivity index (χ1) is 14.7. The third-order valence-corrected chi connectivity index (χ3v) is 4.88. The van der Waals surface area contributed by atoms with E-state index in [1.54, 1.807) is 24.4 Å². The van der Waals surface area contributed by atoms with E-state index in [4.69, 9.17) is 0 Å². The summed E-state index contributed by atoms with van der Waals surface area (Å²) in [5.74, 6) is -0.0261. The van der Waals surface area contributed by atoms with Crippen molar-refractivity contribution in [3.05, 3.63) is 58.3 Å². The number of carbonyl (C=O) groups excluding carboxylic acids is 1. The van der Waals surface area contributed by atoms with Crippen LogP contribution in [0.1, 0.15) is 11.4 Å². The molecule has 0 aliphatic rings. The maximum absolute atomic E-state index is 13.2. The van der Waals surface area contributed by atoms with Crippen molar-refractivity contribution >= 4 is 65.3 Å². The van der Waals surface area contributed by atoms with Crippen molar-refractivity contribution in [2.75, 3.05) is 5.32 Å². The number of hydrogen-bond donors (Lipinski definition) is 1. The number of nitrogens with zero attached hydrogens (tertiary/aromatic N) is 6. The van der Waals surface area contributed by atoms with Gasteiger partial charge in [0.15, 0.2) is 11.3 Å². The SMILES string of the molecule is Bc1ccc(NC(=O)Cn2c(=O)c3ccc(C(B)(B)B)nc3n3nc(C#N)cc23)nc1. The van der Waals surface area contributed by atoms with Crippen LogP contribution in [0.2, 0.25) is 0 Å². The van der Waals surface area contributed by atoms with Crippen LogP contribution in [0.25, 0.3) is 16.7 Å². The summed E-state index contributed by atoms with van der Waals surface area (Å²) < 4.78 is 2.74. The van der Waals surface area contributed by atoms with E-state index in [0.29, 0.717) is 22.5 Å². The molecule has 0 saturated carbocycles. The molecule has 1 amide bonds. The zero-order chi connectivity index (χ0) is 22.3. The molecule has 148 valence electrons. The van der Waals surface area contributed by atoms with Gasteiger partial charge in [-0.3, -0.25) is 14.2 Å². The fourth-order valence-electron chi connectivity index (χ4n) is 3.24. The van der Waals surface area contributed by atoms with E-state index in [1.807, 2.05) is 43.5 Å². The first-order valence-corrected chi connectivity index (χ1v) is 9.74. The van der Waals surface area contributed by atoms with Crippen LogP contribution in [0.5, 0.6) is 0 Å². The van der Waals surface area contributed by atoms with Crippen molar-refractivity contribution in [3.63, 3.8) is 0 Å². The Morgan fingerprint density at radius 2 is 2.00 bits per heavy atom. The Hall–Kier alpha value is -3.80. The normalized spacial score (nSPS) is 11.5. The monoisotopic (exact) mass is 407 g/mol. The molecule has 4 aromatic heterocycles. The Morgan fingerprint density at radius 1 is 1.23 bits per heavy atom. The molecule has 0 aromatic carbocycles. The van der Waals surface area contributed by atoms with Crippen LogP contribution in [0.3, 0.4) is 0 Å². The number of hydrogen-bond acceptors (Lipinski definition) is 6.